The smallest absolute Gasteiger partial charge is 0.0998 e. The first-order chi connectivity index (χ1) is 8.69. The molecule has 0 fully saturated rings. The molecule has 0 amide bonds. The van der Waals surface area contributed by atoms with Gasteiger partial charge in [-0.1, -0.05) is 35.9 Å². The molecule has 2 aromatic rings. The van der Waals surface area contributed by atoms with Crippen molar-refractivity contribution in [3.8, 4) is 6.07 Å². The van der Waals surface area contributed by atoms with Crippen molar-refractivity contribution in [2.24, 2.45) is 0 Å². The lowest BCUT2D eigenvalue weighted by atomic mass is 10.0. The molecular weight excluding hydrogens is 357 g/mol. The van der Waals surface area contributed by atoms with Crippen LogP contribution in [0.25, 0.3) is 11.6 Å². The molecule has 0 heterocycles. The Hall–Kier alpha value is -1.31. The van der Waals surface area contributed by atoms with E-state index < -0.39 is 0 Å². The van der Waals surface area contributed by atoms with Crippen LogP contribution in [0.15, 0.2) is 48.5 Å². The van der Waals surface area contributed by atoms with Gasteiger partial charge in [0.2, 0.25) is 0 Å². The van der Waals surface area contributed by atoms with Crippen molar-refractivity contribution in [2.45, 2.75) is 0 Å². The van der Waals surface area contributed by atoms with Gasteiger partial charge in [0.15, 0.2) is 0 Å². The minimum Gasteiger partial charge on any atom is -0.192 e. The van der Waals surface area contributed by atoms with Crippen LogP contribution in [0.5, 0.6) is 0 Å². The van der Waals surface area contributed by atoms with Gasteiger partial charge in [-0.3, -0.25) is 0 Å². The molecule has 0 aliphatic heterocycles. The summed E-state index contributed by atoms with van der Waals surface area (Å²) in [5, 5.41) is 9.90. The van der Waals surface area contributed by atoms with Crippen LogP contribution in [0, 0.1) is 14.9 Å². The predicted molar refractivity (Wildman–Crippen MR) is 84.1 cm³/mol. The van der Waals surface area contributed by atoms with Crippen molar-refractivity contribution in [1.29, 1.82) is 5.26 Å². The Labute approximate surface area is 125 Å². The number of hydrogen-bond acceptors (Lipinski definition) is 1. The largest absolute Gasteiger partial charge is 0.192 e. The summed E-state index contributed by atoms with van der Waals surface area (Å²) >= 11 is 8.17. The minimum atomic E-state index is 0.633. The maximum Gasteiger partial charge on any atom is 0.0998 e. The number of rotatable bonds is 2. The lowest BCUT2D eigenvalue weighted by Gasteiger charge is -2.00. The molecule has 0 atom stereocenters. The van der Waals surface area contributed by atoms with Crippen LogP contribution in [0.1, 0.15) is 11.1 Å². The van der Waals surface area contributed by atoms with Crippen LogP contribution in [0.2, 0.25) is 5.02 Å². The second-order valence-corrected chi connectivity index (χ2v) is 5.41. The van der Waals surface area contributed by atoms with Gasteiger partial charge >= 0.3 is 0 Å². The molecule has 0 saturated carbocycles. The first-order valence-corrected chi connectivity index (χ1v) is 6.78. The van der Waals surface area contributed by atoms with Crippen LogP contribution in [-0.2, 0) is 0 Å². The highest BCUT2D eigenvalue weighted by Gasteiger charge is 2.01. The van der Waals surface area contributed by atoms with Crippen molar-refractivity contribution in [3.63, 3.8) is 0 Å². The second kappa shape index (κ2) is 6.03. The average molecular weight is 366 g/mol. The Morgan fingerprint density at radius 1 is 1.17 bits per heavy atom. The van der Waals surface area contributed by atoms with Crippen molar-refractivity contribution >= 4 is 45.8 Å². The van der Waals surface area contributed by atoms with Gasteiger partial charge < -0.3 is 0 Å². The highest BCUT2D eigenvalue weighted by Crippen LogP contribution is 2.20. The first kappa shape index (κ1) is 13.1. The first-order valence-electron chi connectivity index (χ1n) is 5.32. The highest BCUT2D eigenvalue weighted by molar-refractivity contribution is 14.1. The fourth-order valence-corrected chi connectivity index (χ4v) is 2.13. The van der Waals surface area contributed by atoms with Gasteiger partial charge in [-0.05, 0) is 64.1 Å². The normalized spacial score (nSPS) is 11.1. The third-order valence-corrected chi connectivity index (χ3v) is 3.39. The molecule has 0 unspecified atom stereocenters. The summed E-state index contributed by atoms with van der Waals surface area (Å²) in [5.74, 6) is 0. The third-order valence-electron chi connectivity index (χ3n) is 2.44. The Morgan fingerprint density at radius 3 is 2.50 bits per heavy atom. The van der Waals surface area contributed by atoms with Crippen LogP contribution in [0.3, 0.4) is 0 Å². The summed E-state index contributed by atoms with van der Waals surface area (Å²) in [6.45, 7) is 0. The van der Waals surface area contributed by atoms with Crippen LogP contribution >= 0.6 is 34.2 Å². The molecule has 0 spiro atoms. The molecule has 0 radical (unpaired) electrons. The van der Waals surface area contributed by atoms with Gasteiger partial charge in [0.25, 0.3) is 0 Å². The third kappa shape index (κ3) is 3.34. The van der Waals surface area contributed by atoms with Crippen LogP contribution in [-0.4, -0.2) is 0 Å². The van der Waals surface area contributed by atoms with E-state index in [4.69, 9.17) is 11.6 Å². The SMILES string of the molecule is N#C/C(=C/c1cccc(Cl)c1)c1ccc(I)cc1. The van der Waals surface area contributed by atoms with Crippen molar-refractivity contribution in [1.82, 2.24) is 0 Å². The van der Waals surface area contributed by atoms with E-state index >= 15 is 0 Å². The molecule has 88 valence electrons. The zero-order valence-corrected chi connectivity index (χ0v) is 12.3. The summed E-state index contributed by atoms with van der Waals surface area (Å²) in [6, 6.07) is 17.5. The van der Waals surface area contributed by atoms with Gasteiger partial charge in [0, 0.05) is 8.59 Å². The van der Waals surface area contributed by atoms with Gasteiger partial charge in [-0.2, -0.15) is 5.26 Å². The van der Waals surface area contributed by atoms with Crippen LogP contribution < -0.4 is 0 Å². The lowest BCUT2D eigenvalue weighted by Crippen LogP contribution is -1.82. The summed E-state index contributed by atoms with van der Waals surface area (Å²) in [5.41, 5.74) is 2.48. The lowest BCUT2D eigenvalue weighted by molar-refractivity contribution is 1.52. The zero-order valence-electron chi connectivity index (χ0n) is 9.40. The van der Waals surface area contributed by atoms with Gasteiger partial charge in [0.1, 0.15) is 0 Å². The van der Waals surface area contributed by atoms with E-state index in [0.717, 1.165) is 14.7 Å². The molecule has 0 aromatic heterocycles. The minimum absolute atomic E-state index is 0.633. The fraction of sp³-hybridized carbons (Fsp3) is 0. The number of nitriles is 1. The topological polar surface area (TPSA) is 23.8 Å². The van der Waals surface area contributed by atoms with Crippen molar-refractivity contribution < 1.29 is 0 Å². The summed E-state index contributed by atoms with van der Waals surface area (Å²) < 4.78 is 1.15. The molecule has 18 heavy (non-hydrogen) atoms. The quantitative estimate of drug-likeness (QED) is 0.417. The number of halogens is 2. The van der Waals surface area contributed by atoms with Gasteiger partial charge in [0.05, 0.1) is 11.6 Å². The molecule has 0 aliphatic carbocycles. The van der Waals surface area contributed by atoms with Crippen LogP contribution in [0.4, 0.5) is 0 Å². The van der Waals surface area contributed by atoms with E-state index in [0.29, 0.717) is 10.6 Å². The van der Waals surface area contributed by atoms with E-state index in [1.807, 2.05) is 54.6 Å². The Balaban J connectivity index is 2.40. The number of nitrogens with zero attached hydrogens (tertiary/aromatic N) is 1. The Bertz CT molecular complexity index is 624. The molecule has 1 nitrogen and oxygen atoms in total. The molecule has 2 aromatic carbocycles. The van der Waals surface area contributed by atoms with Gasteiger partial charge in [-0.25, -0.2) is 0 Å². The monoisotopic (exact) mass is 365 g/mol. The van der Waals surface area contributed by atoms with E-state index in [9.17, 15) is 5.26 Å². The standard InChI is InChI=1S/C15H9ClIN/c16-14-3-1-2-11(9-14)8-13(10-18)12-4-6-15(17)7-5-12/h1-9H/b13-8-. The Morgan fingerprint density at radius 2 is 1.89 bits per heavy atom. The molecule has 2 rings (SSSR count). The van der Waals surface area contributed by atoms with E-state index in [1.54, 1.807) is 0 Å². The van der Waals surface area contributed by atoms with E-state index in [2.05, 4.69) is 28.7 Å². The maximum atomic E-state index is 9.23. The zero-order chi connectivity index (χ0) is 13.0. The summed E-state index contributed by atoms with van der Waals surface area (Å²) in [4.78, 5) is 0. The second-order valence-electron chi connectivity index (χ2n) is 3.73. The van der Waals surface area contributed by atoms with E-state index in [-0.39, 0.29) is 0 Å². The van der Waals surface area contributed by atoms with Gasteiger partial charge in [-0.15, -0.1) is 0 Å². The fourth-order valence-electron chi connectivity index (χ4n) is 1.57. The van der Waals surface area contributed by atoms with Crippen molar-refractivity contribution in [2.75, 3.05) is 0 Å². The number of allylic oxidation sites excluding steroid dienone is 1. The maximum absolute atomic E-state index is 9.23. The number of hydrogen-bond donors (Lipinski definition) is 0. The molecule has 0 N–H and O–H groups in total. The molecule has 0 aliphatic rings. The molecule has 3 heteroatoms. The molecule has 0 bridgehead atoms. The summed E-state index contributed by atoms with van der Waals surface area (Å²) in [6.07, 6.45) is 1.84. The predicted octanol–water partition coefficient (Wildman–Crippen LogP) is 5.01. The molecular formula is C15H9ClIN. The Kier molecular flexibility index (Phi) is 4.40. The number of benzene rings is 2. The summed E-state index contributed by atoms with van der Waals surface area (Å²) in [7, 11) is 0. The molecule has 0 saturated heterocycles. The van der Waals surface area contributed by atoms with Crippen molar-refractivity contribution in [3.05, 3.63) is 68.3 Å². The van der Waals surface area contributed by atoms with E-state index in [1.165, 1.54) is 0 Å². The average Bonchev–Trinajstić information content (AvgIpc) is 2.37. The highest BCUT2D eigenvalue weighted by atomic mass is 127.